The second-order valence-electron chi connectivity index (χ2n) is 12.4. The van der Waals surface area contributed by atoms with Crippen LogP contribution in [0.3, 0.4) is 0 Å². The molecule has 5 aliphatic carbocycles. The summed E-state index contributed by atoms with van der Waals surface area (Å²) < 4.78 is 0. The first-order chi connectivity index (χ1) is 16.2. The average molecular weight is 469 g/mol. The summed E-state index contributed by atoms with van der Waals surface area (Å²) in [6.45, 7) is 17.4. The van der Waals surface area contributed by atoms with Crippen molar-refractivity contribution in [2.24, 2.45) is 46.2 Å². The molecule has 0 radical (unpaired) electrons. The highest BCUT2D eigenvalue weighted by molar-refractivity contribution is 5.16. The number of hydrogen-bond donors (Lipinski definition) is 1. The van der Waals surface area contributed by atoms with Crippen molar-refractivity contribution >= 4 is 0 Å². The van der Waals surface area contributed by atoms with Gasteiger partial charge in [-0.15, -0.1) is 26.0 Å². The van der Waals surface area contributed by atoms with Crippen LogP contribution in [0.5, 0.6) is 0 Å². The van der Waals surface area contributed by atoms with Crippen molar-refractivity contribution in [2.45, 2.75) is 130 Å². The predicted molar refractivity (Wildman–Crippen MR) is 149 cm³/mol. The Morgan fingerprint density at radius 1 is 0.941 bits per heavy atom. The van der Waals surface area contributed by atoms with E-state index in [9.17, 15) is 0 Å². The van der Waals surface area contributed by atoms with Crippen molar-refractivity contribution < 1.29 is 0 Å². The van der Waals surface area contributed by atoms with Crippen LogP contribution < -0.4 is 5.73 Å². The van der Waals surface area contributed by atoms with E-state index in [4.69, 9.17) is 11.0 Å². The largest absolute Gasteiger partial charge is 0.325 e. The van der Waals surface area contributed by atoms with Gasteiger partial charge >= 0.3 is 0 Å². The molecule has 5 saturated carbocycles. The quantitative estimate of drug-likeness (QED) is 0.325. The van der Waals surface area contributed by atoms with Gasteiger partial charge in [0.1, 0.15) is 0 Å². The third-order valence-electron chi connectivity index (χ3n) is 10.2. The summed E-state index contributed by atoms with van der Waals surface area (Å²) in [5.41, 5.74) is 8.57. The molecule has 2 nitrogen and oxygen atoms in total. The summed E-state index contributed by atoms with van der Waals surface area (Å²) in [4.78, 5) is 0. The van der Waals surface area contributed by atoms with Crippen LogP contribution >= 0.6 is 0 Å². The van der Waals surface area contributed by atoms with Gasteiger partial charge in [0.05, 0.1) is 6.07 Å². The minimum Gasteiger partial charge on any atom is -0.325 e. The number of fused-ring (bicyclic) bond motifs is 5. The average Bonchev–Trinajstić information content (AvgIpc) is 3.54. The Morgan fingerprint density at radius 3 is 2.09 bits per heavy atom. The number of hydrogen-bond acceptors (Lipinski definition) is 2. The van der Waals surface area contributed by atoms with Crippen LogP contribution in [-0.4, -0.2) is 5.54 Å². The first-order valence-corrected chi connectivity index (χ1v) is 14.2. The highest BCUT2D eigenvalue weighted by atomic mass is 14.9. The van der Waals surface area contributed by atoms with Crippen LogP contribution in [-0.2, 0) is 0 Å². The van der Waals surface area contributed by atoms with Crippen LogP contribution in [0, 0.1) is 64.6 Å². The van der Waals surface area contributed by atoms with Crippen molar-refractivity contribution in [3.05, 3.63) is 13.2 Å². The van der Waals surface area contributed by atoms with Crippen molar-refractivity contribution in [1.29, 1.82) is 5.26 Å². The van der Waals surface area contributed by atoms with Gasteiger partial charge in [0.2, 0.25) is 0 Å². The second kappa shape index (κ2) is 13.7. The van der Waals surface area contributed by atoms with E-state index in [1.54, 1.807) is 6.07 Å². The number of terminal acetylenes is 1. The molecule has 7 unspecified atom stereocenters. The SMILES string of the molecule is C#C.C=C.CC#N.CC1CCC2CCC3(N)C4CCCC4(C)CCC3C2(C)C1.CCCC1CC1. The van der Waals surface area contributed by atoms with Gasteiger partial charge in [-0.1, -0.05) is 66.2 Å². The van der Waals surface area contributed by atoms with Gasteiger partial charge in [0, 0.05) is 12.5 Å². The molecule has 0 spiro atoms. The summed E-state index contributed by atoms with van der Waals surface area (Å²) in [6, 6.07) is 1.75. The van der Waals surface area contributed by atoms with E-state index < -0.39 is 0 Å². The van der Waals surface area contributed by atoms with Gasteiger partial charge in [0.25, 0.3) is 0 Å². The van der Waals surface area contributed by atoms with Gasteiger partial charge in [-0.25, -0.2) is 0 Å². The van der Waals surface area contributed by atoms with E-state index in [0.717, 1.165) is 29.6 Å². The third-order valence-corrected chi connectivity index (χ3v) is 10.2. The zero-order valence-electron chi connectivity index (χ0n) is 23.4. The Labute approximate surface area is 213 Å². The summed E-state index contributed by atoms with van der Waals surface area (Å²) in [7, 11) is 0. The Hall–Kier alpha value is -1.25. The fourth-order valence-corrected chi connectivity index (χ4v) is 8.70. The standard InChI is InChI=1S/C20H35N.C6H12.C2H3N.C2H4.C2H2/c1-14-6-7-15-8-12-20(21)16-5-4-10-18(16,2)11-9-17(20)19(15,3)13-14;1-2-3-6-4-5-6;1-2-3;2*1-2/h14-17H,4-13,21H2,1-3H3;6H,2-5H2,1H3;1H3;1-2H2;1-2H. The van der Waals surface area contributed by atoms with Crippen molar-refractivity contribution in [3.8, 4) is 18.9 Å². The molecule has 0 aromatic carbocycles. The van der Waals surface area contributed by atoms with Gasteiger partial charge in [-0.3, -0.25) is 0 Å². The molecule has 0 bridgehead atoms. The lowest BCUT2D eigenvalue weighted by atomic mass is 9.42. The first-order valence-electron chi connectivity index (χ1n) is 14.2. The van der Waals surface area contributed by atoms with Crippen LogP contribution in [0.1, 0.15) is 125 Å². The highest BCUT2D eigenvalue weighted by Crippen LogP contribution is 2.67. The topological polar surface area (TPSA) is 49.8 Å². The molecule has 2 N–H and O–H groups in total. The molecule has 0 aromatic heterocycles. The van der Waals surface area contributed by atoms with Crippen molar-refractivity contribution in [3.63, 3.8) is 0 Å². The maximum atomic E-state index is 7.32. The molecule has 0 saturated heterocycles. The summed E-state index contributed by atoms with van der Waals surface area (Å²) in [6.07, 6.45) is 28.2. The van der Waals surface area contributed by atoms with Crippen molar-refractivity contribution in [1.82, 2.24) is 0 Å². The highest BCUT2D eigenvalue weighted by Gasteiger charge is 2.63. The lowest BCUT2D eigenvalue weighted by Crippen LogP contribution is -2.67. The molecule has 7 atom stereocenters. The molecule has 0 aliphatic heterocycles. The Balaban J connectivity index is 0.000000372. The molecule has 5 aliphatic rings. The summed E-state index contributed by atoms with van der Waals surface area (Å²) in [5.74, 6) is 4.67. The number of nitrogens with two attached hydrogens (primary N) is 1. The van der Waals surface area contributed by atoms with Gasteiger partial charge in [-0.05, 0) is 91.8 Å². The number of nitrogens with zero attached hydrogens (tertiary/aromatic N) is 1. The van der Waals surface area contributed by atoms with Crippen LogP contribution in [0.4, 0.5) is 0 Å². The summed E-state index contributed by atoms with van der Waals surface area (Å²) in [5, 5.41) is 7.32. The molecule has 5 rings (SSSR count). The first kappa shape index (κ1) is 30.8. The maximum absolute atomic E-state index is 7.32. The van der Waals surface area contributed by atoms with Crippen LogP contribution in [0.25, 0.3) is 0 Å². The molecular weight excluding hydrogens is 412 g/mol. The fraction of sp³-hybridized carbons (Fsp3) is 0.844. The zero-order valence-corrected chi connectivity index (χ0v) is 23.4. The fourth-order valence-electron chi connectivity index (χ4n) is 8.70. The van der Waals surface area contributed by atoms with E-state index in [1.807, 2.05) is 0 Å². The van der Waals surface area contributed by atoms with E-state index in [1.165, 1.54) is 96.8 Å². The summed E-state index contributed by atoms with van der Waals surface area (Å²) >= 11 is 0. The van der Waals surface area contributed by atoms with Crippen LogP contribution in [0.2, 0.25) is 0 Å². The molecule has 2 heteroatoms. The van der Waals surface area contributed by atoms with E-state index in [0.29, 0.717) is 10.8 Å². The number of nitriles is 1. The smallest absolute Gasteiger partial charge is 0.0587 e. The zero-order chi connectivity index (χ0) is 26.0. The van der Waals surface area contributed by atoms with E-state index in [-0.39, 0.29) is 5.54 Å². The molecule has 0 aromatic rings. The lowest BCUT2D eigenvalue weighted by molar-refractivity contribution is -0.126. The van der Waals surface area contributed by atoms with E-state index in [2.05, 4.69) is 53.7 Å². The monoisotopic (exact) mass is 468 g/mol. The van der Waals surface area contributed by atoms with Gasteiger partial charge in [-0.2, -0.15) is 5.26 Å². The Morgan fingerprint density at radius 2 is 1.56 bits per heavy atom. The molecule has 0 amide bonds. The Bertz CT molecular complexity index is 658. The normalized spacial score (nSPS) is 41.3. The Kier molecular flexibility index (Phi) is 12.4. The minimum atomic E-state index is 0.172. The maximum Gasteiger partial charge on any atom is 0.0587 e. The minimum absolute atomic E-state index is 0.172. The van der Waals surface area contributed by atoms with Gasteiger partial charge in [0.15, 0.2) is 0 Å². The number of rotatable bonds is 2. The lowest BCUT2D eigenvalue weighted by Gasteiger charge is -2.65. The molecular formula is C32H56N2. The molecule has 194 valence electrons. The second-order valence-corrected chi connectivity index (χ2v) is 12.4. The molecule has 34 heavy (non-hydrogen) atoms. The molecule has 5 fully saturated rings. The third kappa shape index (κ3) is 6.70. The van der Waals surface area contributed by atoms with E-state index >= 15 is 0 Å². The van der Waals surface area contributed by atoms with Crippen LogP contribution in [0.15, 0.2) is 13.2 Å². The van der Waals surface area contributed by atoms with Crippen molar-refractivity contribution in [2.75, 3.05) is 0 Å². The molecule has 0 heterocycles. The predicted octanol–water partition coefficient (Wildman–Crippen LogP) is 8.91. The van der Waals surface area contributed by atoms with Gasteiger partial charge < -0.3 is 5.73 Å².